The Balaban J connectivity index is 2.46. The molecule has 3 nitrogen and oxygen atoms in total. The van der Waals surface area contributed by atoms with Gasteiger partial charge in [0.2, 0.25) is 5.91 Å². The topological polar surface area (TPSA) is 41.1 Å². The van der Waals surface area contributed by atoms with Crippen LogP contribution in [-0.2, 0) is 4.79 Å². The van der Waals surface area contributed by atoms with Crippen molar-refractivity contribution < 1.29 is 4.79 Å². The second kappa shape index (κ2) is 3.22. The highest BCUT2D eigenvalue weighted by Gasteiger charge is 2.31. The third-order valence-electron chi connectivity index (χ3n) is 2.49. The Hall–Kier alpha value is -0.570. The molecule has 0 aromatic rings. The number of likely N-dealkylation sites (N-methyl/N-ethyl adjacent to an activating group) is 1. The number of carbonyl (C=O) groups excluding carboxylic acids is 1. The molecule has 1 fully saturated rings. The maximum Gasteiger partial charge on any atom is 0.236 e. The second-order valence-electron chi connectivity index (χ2n) is 3.34. The minimum Gasteiger partial charge on any atom is -0.358 e. The Bertz CT molecular complexity index is 148. The van der Waals surface area contributed by atoms with Gasteiger partial charge >= 0.3 is 0 Å². The van der Waals surface area contributed by atoms with E-state index in [1.807, 2.05) is 0 Å². The Morgan fingerprint density at radius 2 is 2.18 bits per heavy atom. The molecule has 0 bridgehead atoms. The molecule has 0 aromatic carbocycles. The lowest BCUT2D eigenvalue weighted by Gasteiger charge is -2.09. The van der Waals surface area contributed by atoms with Crippen LogP contribution in [0, 0.1) is 5.92 Å². The smallest absolute Gasteiger partial charge is 0.236 e. The molecule has 1 aliphatic heterocycles. The summed E-state index contributed by atoms with van der Waals surface area (Å²) in [6.45, 7) is 4.29. The zero-order chi connectivity index (χ0) is 8.43. The molecule has 3 heteroatoms. The number of carbonyl (C=O) groups is 1. The molecule has 2 N–H and O–H groups in total. The van der Waals surface area contributed by atoms with Crippen molar-refractivity contribution in [2.45, 2.75) is 32.4 Å². The number of hydrogen-bond acceptors (Lipinski definition) is 2. The Morgan fingerprint density at radius 1 is 1.55 bits per heavy atom. The first-order chi connectivity index (χ1) is 5.15. The fourth-order valence-corrected chi connectivity index (χ4v) is 1.48. The van der Waals surface area contributed by atoms with Gasteiger partial charge in [-0.15, -0.1) is 0 Å². The van der Waals surface area contributed by atoms with E-state index in [1.54, 1.807) is 7.05 Å². The zero-order valence-electron chi connectivity index (χ0n) is 7.35. The first-order valence-corrected chi connectivity index (χ1v) is 4.12. The molecule has 0 spiro atoms. The van der Waals surface area contributed by atoms with Gasteiger partial charge in [0.25, 0.3) is 0 Å². The van der Waals surface area contributed by atoms with E-state index < -0.39 is 0 Å². The highest BCUT2D eigenvalue weighted by Crippen LogP contribution is 2.18. The maximum atomic E-state index is 11.1. The van der Waals surface area contributed by atoms with Gasteiger partial charge in [0.15, 0.2) is 0 Å². The van der Waals surface area contributed by atoms with E-state index >= 15 is 0 Å². The van der Waals surface area contributed by atoms with Gasteiger partial charge in [0, 0.05) is 13.1 Å². The van der Waals surface area contributed by atoms with Crippen molar-refractivity contribution in [3.05, 3.63) is 0 Å². The van der Waals surface area contributed by atoms with Crippen molar-refractivity contribution in [1.82, 2.24) is 10.6 Å². The molecule has 1 aliphatic rings. The monoisotopic (exact) mass is 156 g/mol. The van der Waals surface area contributed by atoms with Crippen molar-refractivity contribution >= 4 is 5.91 Å². The molecule has 11 heavy (non-hydrogen) atoms. The third-order valence-corrected chi connectivity index (χ3v) is 2.49. The minimum absolute atomic E-state index is 0.0324. The van der Waals surface area contributed by atoms with E-state index in [0.29, 0.717) is 12.0 Å². The van der Waals surface area contributed by atoms with Crippen LogP contribution in [0.15, 0.2) is 0 Å². The largest absolute Gasteiger partial charge is 0.358 e. The van der Waals surface area contributed by atoms with Crippen molar-refractivity contribution in [3.8, 4) is 0 Å². The molecule has 1 heterocycles. The molecule has 3 atom stereocenters. The average molecular weight is 156 g/mol. The summed E-state index contributed by atoms with van der Waals surface area (Å²) in [5, 5.41) is 5.89. The lowest BCUT2D eigenvalue weighted by atomic mass is 10.0. The molecular weight excluding hydrogens is 140 g/mol. The normalized spacial score (nSPS) is 37.2. The summed E-state index contributed by atoms with van der Waals surface area (Å²) >= 11 is 0. The predicted molar refractivity (Wildman–Crippen MR) is 44.2 cm³/mol. The van der Waals surface area contributed by atoms with E-state index in [9.17, 15) is 4.79 Å². The fourth-order valence-electron chi connectivity index (χ4n) is 1.48. The molecule has 1 saturated heterocycles. The van der Waals surface area contributed by atoms with E-state index in [1.165, 1.54) is 0 Å². The van der Waals surface area contributed by atoms with Gasteiger partial charge in [0.05, 0.1) is 6.04 Å². The Labute approximate surface area is 67.5 Å². The van der Waals surface area contributed by atoms with Gasteiger partial charge in [-0.05, 0) is 19.3 Å². The van der Waals surface area contributed by atoms with Crippen LogP contribution in [0.3, 0.4) is 0 Å². The van der Waals surface area contributed by atoms with E-state index in [2.05, 4.69) is 24.5 Å². The summed E-state index contributed by atoms with van der Waals surface area (Å²) in [6, 6.07) is 0.502. The van der Waals surface area contributed by atoms with Crippen molar-refractivity contribution in [3.63, 3.8) is 0 Å². The maximum absolute atomic E-state index is 11.1. The lowest BCUT2D eigenvalue weighted by molar-refractivity contribution is -0.122. The van der Waals surface area contributed by atoms with Crippen molar-refractivity contribution in [2.75, 3.05) is 7.05 Å². The van der Waals surface area contributed by atoms with Crippen LogP contribution >= 0.6 is 0 Å². The Morgan fingerprint density at radius 3 is 2.55 bits per heavy atom. The van der Waals surface area contributed by atoms with E-state index in [4.69, 9.17) is 0 Å². The number of amides is 1. The predicted octanol–water partition coefficient (Wildman–Crippen LogP) is 0.119. The van der Waals surface area contributed by atoms with Crippen LogP contribution in [0.1, 0.15) is 20.3 Å². The van der Waals surface area contributed by atoms with Gasteiger partial charge in [-0.25, -0.2) is 0 Å². The molecule has 0 saturated carbocycles. The second-order valence-corrected chi connectivity index (χ2v) is 3.34. The SMILES string of the molecule is CNC(=O)C1CC(C)C(C)N1. The minimum atomic E-state index is 0.0324. The standard InChI is InChI=1S/C8H16N2O/c1-5-4-7(8(11)9-3)10-6(5)2/h5-7,10H,4H2,1-3H3,(H,9,11). The first-order valence-electron chi connectivity index (χ1n) is 4.12. The first kappa shape index (κ1) is 8.53. The van der Waals surface area contributed by atoms with Crippen LogP contribution in [0.5, 0.6) is 0 Å². The molecule has 1 amide bonds. The van der Waals surface area contributed by atoms with Gasteiger partial charge in [-0.2, -0.15) is 0 Å². The fraction of sp³-hybridized carbons (Fsp3) is 0.875. The van der Waals surface area contributed by atoms with Crippen molar-refractivity contribution in [1.29, 1.82) is 0 Å². The van der Waals surface area contributed by atoms with Crippen LogP contribution in [0.2, 0.25) is 0 Å². The van der Waals surface area contributed by atoms with Crippen LogP contribution < -0.4 is 10.6 Å². The third kappa shape index (κ3) is 1.71. The summed E-state index contributed by atoms with van der Waals surface area (Å²) in [5.74, 6) is 0.721. The lowest BCUT2D eigenvalue weighted by Crippen LogP contribution is -2.40. The highest BCUT2D eigenvalue weighted by atomic mass is 16.2. The molecule has 0 aromatic heterocycles. The highest BCUT2D eigenvalue weighted by molar-refractivity contribution is 5.81. The molecule has 0 aliphatic carbocycles. The van der Waals surface area contributed by atoms with E-state index in [-0.39, 0.29) is 11.9 Å². The summed E-state index contributed by atoms with van der Waals surface area (Å²) in [6.07, 6.45) is 0.959. The quantitative estimate of drug-likeness (QED) is 0.566. The van der Waals surface area contributed by atoms with Gasteiger partial charge in [-0.3, -0.25) is 4.79 Å². The molecule has 0 radical (unpaired) electrons. The summed E-state index contributed by atoms with van der Waals surface area (Å²) in [4.78, 5) is 11.1. The van der Waals surface area contributed by atoms with Crippen LogP contribution in [0.4, 0.5) is 0 Å². The number of hydrogen-bond donors (Lipinski definition) is 2. The summed E-state index contributed by atoms with van der Waals surface area (Å²) in [7, 11) is 1.68. The van der Waals surface area contributed by atoms with Gasteiger partial charge in [0.1, 0.15) is 0 Å². The molecule has 64 valence electrons. The van der Waals surface area contributed by atoms with Crippen molar-refractivity contribution in [2.24, 2.45) is 5.92 Å². The molecular formula is C8H16N2O. The molecule has 1 rings (SSSR count). The summed E-state index contributed by atoms with van der Waals surface area (Å²) in [5.41, 5.74) is 0. The Kier molecular flexibility index (Phi) is 2.49. The van der Waals surface area contributed by atoms with Gasteiger partial charge in [-0.1, -0.05) is 6.92 Å². The number of rotatable bonds is 1. The zero-order valence-corrected chi connectivity index (χ0v) is 7.35. The van der Waals surface area contributed by atoms with Crippen LogP contribution in [-0.4, -0.2) is 25.0 Å². The van der Waals surface area contributed by atoms with E-state index in [0.717, 1.165) is 6.42 Å². The van der Waals surface area contributed by atoms with Crippen LogP contribution in [0.25, 0.3) is 0 Å². The summed E-state index contributed by atoms with van der Waals surface area (Å²) < 4.78 is 0. The number of nitrogens with one attached hydrogen (secondary N) is 2. The average Bonchev–Trinajstić information content (AvgIpc) is 2.31. The molecule has 3 unspecified atom stereocenters. The van der Waals surface area contributed by atoms with Gasteiger partial charge < -0.3 is 10.6 Å².